The van der Waals surface area contributed by atoms with Gasteiger partial charge in [0.15, 0.2) is 0 Å². The maximum atomic E-state index is 13.2. The molecule has 0 aliphatic carbocycles. The number of aliphatic carboxylic acids is 1. The fraction of sp³-hybridized carbons (Fsp3) is 0.182. The van der Waals surface area contributed by atoms with E-state index in [1.165, 1.54) is 19.1 Å². The first kappa shape index (κ1) is 10.4. The summed E-state index contributed by atoms with van der Waals surface area (Å²) >= 11 is 0. The van der Waals surface area contributed by atoms with Crippen LogP contribution in [0.5, 0.6) is 0 Å². The van der Waals surface area contributed by atoms with Crippen molar-refractivity contribution in [2.45, 2.75) is 13.8 Å². The number of benzene rings is 1. The molecule has 0 fully saturated rings. The van der Waals surface area contributed by atoms with E-state index >= 15 is 0 Å². The van der Waals surface area contributed by atoms with Crippen LogP contribution in [0, 0.1) is 12.7 Å². The van der Waals surface area contributed by atoms with Gasteiger partial charge in [-0.2, -0.15) is 0 Å². The molecule has 0 heterocycles. The second-order valence-electron chi connectivity index (χ2n) is 3.16. The van der Waals surface area contributed by atoms with E-state index in [4.69, 9.17) is 5.11 Å². The number of rotatable bonds is 2. The van der Waals surface area contributed by atoms with E-state index in [-0.39, 0.29) is 5.57 Å². The van der Waals surface area contributed by atoms with Gasteiger partial charge in [-0.25, -0.2) is 9.18 Å². The summed E-state index contributed by atoms with van der Waals surface area (Å²) < 4.78 is 13.2. The largest absolute Gasteiger partial charge is 0.478 e. The third-order valence-electron chi connectivity index (χ3n) is 1.86. The highest BCUT2D eigenvalue weighted by Gasteiger charge is 2.03. The van der Waals surface area contributed by atoms with E-state index < -0.39 is 11.8 Å². The van der Waals surface area contributed by atoms with Crippen LogP contribution in [0.3, 0.4) is 0 Å². The van der Waals surface area contributed by atoms with Crippen molar-refractivity contribution >= 4 is 12.0 Å². The molecule has 0 unspecified atom stereocenters. The maximum absolute atomic E-state index is 13.2. The fourth-order valence-electron chi connectivity index (χ4n) is 1.07. The zero-order valence-electron chi connectivity index (χ0n) is 8.04. The molecule has 0 amide bonds. The average molecular weight is 194 g/mol. The zero-order chi connectivity index (χ0) is 10.7. The highest BCUT2D eigenvalue weighted by atomic mass is 19.1. The van der Waals surface area contributed by atoms with Crippen molar-refractivity contribution in [2.24, 2.45) is 0 Å². The molecule has 3 heteroatoms. The van der Waals surface area contributed by atoms with Gasteiger partial charge in [-0.05, 0) is 32.1 Å². The molecular weight excluding hydrogens is 183 g/mol. The van der Waals surface area contributed by atoms with Crippen LogP contribution in [0.4, 0.5) is 4.39 Å². The van der Waals surface area contributed by atoms with E-state index in [0.717, 1.165) is 5.56 Å². The molecule has 0 bridgehead atoms. The van der Waals surface area contributed by atoms with E-state index in [1.54, 1.807) is 12.1 Å². The summed E-state index contributed by atoms with van der Waals surface area (Å²) in [6.07, 6.45) is 1.32. The molecule has 0 aliphatic rings. The Morgan fingerprint density at radius 3 is 2.71 bits per heavy atom. The Hall–Kier alpha value is -1.64. The monoisotopic (exact) mass is 194 g/mol. The molecule has 0 spiro atoms. The number of carboxylic acids is 1. The van der Waals surface area contributed by atoms with Crippen LogP contribution in [0.1, 0.15) is 18.1 Å². The van der Waals surface area contributed by atoms with Crippen LogP contribution in [0.15, 0.2) is 23.8 Å². The van der Waals surface area contributed by atoms with Gasteiger partial charge in [-0.1, -0.05) is 11.6 Å². The van der Waals surface area contributed by atoms with Gasteiger partial charge in [0.25, 0.3) is 0 Å². The molecule has 0 saturated carbocycles. The lowest BCUT2D eigenvalue weighted by Crippen LogP contribution is -1.96. The fourth-order valence-corrected chi connectivity index (χ4v) is 1.07. The number of carboxylic acid groups (broad SMARTS) is 1. The summed E-state index contributed by atoms with van der Waals surface area (Å²) in [5, 5.41) is 8.61. The molecule has 0 atom stereocenters. The van der Waals surface area contributed by atoms with Crippen molar-refractivity contribution in [3.8, 4) is 0 Å². The predicted octanol–water partition coefficient (Wildman–Crippen LogP) is 2.62. The lowest BCUT2D eigenvalue weighted by Gasteiger charge is -1.99. The Morgan fingerprint density at radius 2 is 2.14 bits per heavy atom. The van der Waals surface area contributed by atoms with Crippen molar-refractivity contribution in [3.63, 3.8) is 0 Å². The molecular formula is C11H11FO2. The number of hydrogen-bond donors (Lipinski definition) is 1. The Labute approximate surface area is 81.7 Å². The van der Waals surface area contributed by atoms with Crippen LogP contribution < -0.4 is 0 Å². The topological polar surface area (TPSA) is 37.3 Å². The molecule has 74 valence electrons. The first-order chi connectivity index (χ1) is 6.50. The Bertz CT molecular complexity index is 394. The molecule has 1 rings (SSSR count). The normalized spacial score (nSPS) is 11.5. The van der Waals surface area contributed by atoms with Gasteiger partial charge in [0.2, 0.25) is 0 Å². The maximum Gasteiger partial charge on any atom is 0.331 e. The summed E-state index contributed by atoms with van der Waals surface area (Å²) in [6.45, 7) is 3.26. The molecule has 0 aromatic heterocycles. The van der Waals surface area contributed by atoms with Gasteiger partial charge in [0, 0.05) is 11.1 Å². The van der Waals surface area contributed by atoms with Crippen molar-refractivity contribution in [3.05, 3.63) is 40.7 Å². The van der Waals surface area contributed by atoms with Crippen molar-refractivity contribution in [1.82, 2.24) is 0 Å². The molecule has 2 nitrogen and oxygen atoms in total. The van der Waals surface area contributed by atoms with Crippen molar-refractivity contribution in [2.75, 3.05) is 0 Å². The van der Waals surface area contributed by atoms with Gasteiger partial charge >= 0.3 is 5.97 Å². The number of hydrogen-bond acceptors (Lipinski definition) is 1. The second-order valence-corrected chi connectivity index (χ2v) is 3.16. The predicted molar refractivity (Wildman–Crippen MR) is 52.4 cm³/mol. The van der Waals surface area contributed by atoms with E-state index in [0.29, 0.717) is 5.56 Å². The first-order valence-electron chi connectivity index (χ1n) is 4.18. The van der Waals surface area contributed by atoms with E-state index in [9.17, 15) is 9.18 Å². The molecule has 0 radical (unpaired) electrons. The van der Waals surface area contributed by atoms with Gasteiger partial charge in [0.05, 0.1) is 0 Å². The van der Waals surface area contributed by atoms with E-state index in [2.05, 4.69) is 0 Å². The summed E-state index contributed by atoms with van der Waals surface area (Å²) in [7, 11) is 0. The van der Waals surface area contributed by atoms with Crippen LogP contribution in [-0.4, -0.2) is 11.1 Å². The Morgan fingerprint density at radius 1 is 1.50 bits per heavy atom. The standard InChI is InChI=1S/C11H11FO2/c1-7-3-4-10(12)9(5-7)6-8(2)11(13)14/h3-6H,1-2H3,(H,13,14)/b8-6+. The number of carbonyl (C=O) groups is 1. The number of halogens is 1. The van der Waals surface area contributed by atoms with Crippen LogP contribution in [0.2, 0.25) is 0 Å². The van der Waals surface area contributed by atoms with Gasteiger partial charge < -0.3 is 5.11 Å². The molecule has 1 aromatic rings. The van der Waals surface area contributed by atoms with Crippen molar-refractivity contribution < 1.29 is 14.3 Å². The lowest BCUT2D eigenvalue weighted by molar-refractivity contribution is -0.132. The van der Waals surface area contributed by atoms with Crippen molar-refractivity contribution in [1.29, 1.82) is 0 Å². The van der Waals surface area contributed by atoms with Crippen LogP contribution in [-0.2, 0) is 4.79 Å². The summed E-state index contributed by atoms with van der Waals surface area (Å²) in [4.78, 5) is 10.5. The zero-order valence-corrected chi connectivity index (χ0v) is 8.04. The highest BCUT2D eigenvalue weighted by Crippen LogP contribution is 2.13. The SMILES string of the molecule is C/C(=C\c1cc(C)ccc1F)C(=O)O. The number of aryl methyl sites for hydroxylation is 1. The van der Waals surface area contributed by atoms with Gasteiger partial charge in [-0.3, -0.25) is 0 Å². The molecule has 0 saturated heterocycles. The van der Waals surface area contributed by atoms with Gasteiger partial charge in [0.1, 0.15) is 5.82 Å². The summed E-state index contributed by atoms with van der Waals surface area (Å²) in [5.41, 5.74) is 1.33. The van der Waals surface area contributed by atoms with Crippen LogP contribution in [0.25, 0.3) is 6.08 Å². The lowest BCUT2D eigenvalue weighted by atomic mass is 10.1. The molecule has 14 heavy (non-hydrogen) atoms. The first-order valence-corrected chi connectivity index (χ1v) is 4.18. The molecule has 1 N–H and O–H groups in total. The minimum atomic E-state index is -1.04. The highest BCUT2D eigenvalue weighted by molar-refractivity contribution is 5.91. The average Bonchev–Trinajstić information content (AvgIpc) is 2.11. The van der Waals surface area contributed by atoms with E-state index in [1.807, 2.05) is 6.92 Å². The minimum absolute atomic E-state index is 0.120. The third kappa shape index (κ3) is 2.42. The second kappa shape index (κ2) is 4.05. The van der Waals surface area contributed by atoms with Crippen LogP contribution >= 0.6 is 0 Å². The molecule has 1 aromatic carbocycles. The smallest absolute Gasteiger partial charge is 0.331 e. The quantitative estimate of drug-likeness (QED) is 0.735. The Balaban J connectivity index is 3.13. The minimum Gasteiger partial charge on any atom is -0.478 e. The third-order valence-corrected chi connectivity index (χ3v) is 1.86. The molecule has 0 aliphatic heterocycles. The Kier molecular flexibility index (Phi) is 3.02. The van der Waals surface area contributed by atoms with Gasteiger partial charge in [-0.15, -0.1) is 0 Å². The summed E-state index contributed by atoms with van der Waals surface area (Å²) in [6, 6.07) is 4.58. The summed E-state index contributed by atoms with van der Waals surface area (Å²) in [5.74, 6) is -1.44.